The Balaban J connectivity index is 2.12. The van der Waals surface area contributed by atoms with E-state index in [2.05, 4.69) is 5.32 Å². The van der Waals surface area contributed by atoms with E-state index in [1.54, 1.807) is 0 Å². The lowest BCUT2D eigenvalue weighted by molar-refractivity contribution is -0.135. The van der Waals surface area contributed by atoms with E-state index < -0.39 is 12.6 Å². The molecule has 0 aromatic heterocycles. The van der Waals surface area contributed by atoms with E-state index in [0.29, 0.717) is 12.5 Å². The molecule has 1 rings (SSSR count). The molecule has 0 aromatic carbocycles. The van der Waals surface area contributed by atoms with E-state index in [1.165, 1.54) is 38.5 Å². The van der Waals surface area contributed by atoms with E-state index in [-0.39, 0.29) is 12.5 Å². The molecule has 0 heterocycles. The lowest BCUT2D eigenvalue weighted by atomic mass is 10.1. The third kappa shape index (κ3) is 7.63. The third-order valence-electron chi connectivity index (χ3n) is 3.47. The highest BCUT2D eigenvalue weighted by molar-refractivity contribution is 4.74. The number of hydrogen-bond donors (Lipinski definition) is 1. The summed E-state index contributed by atoms with van der Waals surface area (Å²) in [6.07, 6.45) is 3.71. The topological polar surface area (TPSA) is 12.0 Å². The first-order chi connectivity index (χ1) is 7.97. The van der Waals surface area contributed by atoms with Gasteiger partial charge < -0.3 is 5.32 Å². The summed E-state index contributed by atoms with van der Waals surface area (Å²) in [4.78, 5) is 0. The maximum absolute atomic E-state index is 12.0. The van der Waals surface area contributed by atoms with Crippen LogP contribution in [0.4, 0.5) is 13.2 Å². The first kappa shape index (κ1) is 14.8. The van der Waals surface area contributed by atoms with Gasteiger partial charge in [-0.15, -0.1) is 0 Å². The molecule has 0 amide bonds. The largest absolute Gasteiger partial charge is 0.389 e. The van der Waals surface area contributed by atoms with Crippen LogP contribution in [0.3, 0.4) is 0 Å². The minimum Gasteiger partial charge on any atom is -0.312 e. The molecule has 0 spiro atoms. The molecule has 1 aliphatic carbocycles. The second-order valence-corrected chi connectivity index (χ2v) is 5.26. The van der Waals surface area contributed by atoms with Crippen LogP contribution < -0.4 is 5.32 Å². The smallest absolute Gasteiger partial charge is 0.312 e. The van der Waals surface area contributed by atoms with Crippen LogP contribution in [0.15, 0.2) is 0 Å². The van der Waals surface area contributed by atoms with Gasteiger partial charge in [-0.1, -0.05) is 25.7 Å². The molecular weight excluding hydrogens is 227 g/mol. The first-order valence-corrected chi connectivity index (χ1v) is 6.80. The van der Waals surface area contributed by atoms with Crippen LogP contribution in [-0.4, -0.2) is 18.3 Å². The maximum Gasteiger partial charge on any atom is 0.389 e. The average molecular weight is 251 g/mol. The summed E-state index contributed by atoms with van der Waals surface area (Å²) in [5.74, 6) is 0. The van der Waals surface area contributed by atoms with Crippen LogP contribution in [0.2, 0.25) is 0 Å². The van der Waals surface area contributed by atoms with Crippen LogP contribution >= 0.6 is 0 Å². The van der Waals surface area contributed by atoms with Crippen LogP contribution in [0.5, 0.6) is 0 Å². The quantitative estimate of drug-likeness (QED) is 0.713. The van der Waals surface area contributed by atoms with Gasteiger partial charge in [0.25, 0.3) is 0 Å². The lowest BCUT2D eigenvalue weighted by Crippen LogP contribution is -2.36. The summed E-state index contributed by atoms with van der Waals surface area (Å²) >= 11 is 0. The monoisotopic (exact) mass is 251 g/mol. The summed E-state index contributed by atoms with van der Waals surface area (Å²) in [6.45, 7) is 2.00. The van der Waals surface area contributed by atoms with Gasteiger partial charge in [0.1, 0.15) is 0 Å². The number of halogens is 3. The predicted molar refractivity (Wildman–Crippen MR) is 64.0 cm³/mol. The Labute approximate surface area is 102 Å². The van der Waals surface area contributed by atoms with Gasteiger partial charge in [0.05, 0.1) is 0 Å². The molecule has 0 bridgehead atoms. The molecule has 1 nitrogen and oxygen atoms in total. The standard InChI is InChI=1S/C13H24F3N/c1-11(7-6-10-13(14,15)16)17-12-8-4-2-3-5-9-12/h11-12,17H,2-10H2,1H3. The average Bonchev–Trinajstić information content (AvgIpc) is 2.44. The number of nitrogens with one attached hydrogen (secondary N) is 1. The molecule has 4 heteroatoms. The molecule has 1 atom stereocenters. The Morgan fingerprint density at radius 2 is 1.71 bits per heavy atom. The Morgan fingerprint density at radius 1 is 1.12 bits per heavy atom. The van der Waals surface area contributed by atoms with Crippen molar-refractivity contribution >= 4 is 0 Å². The molecule has 1 saturated carbocycles. The zero-order chi connectivity index (χ0) is 12.7. The van der Waals surface area contributed by atoms with Crippen molar-refractivity contribution in [1.82, 2.24) is 5.32 Å². The van der Waals surface area contributed by atoms with Crippen LogP contribution in [0.25, 0.3) is 0 Å². The Hall–Kier alpha value is -0.250. The Morgan fingerprint density at radius 3 is 2.24 bits per heavy atom. The highest BCUT2D eigenvalue weighted by atomic mass is 19.4. The zero-order valence-corrected chi connectivity index (χ0v) is 10.7. The van der Waals surface area contributed by atoms with Gasteiger partial charge in [-0.2, -0.15) is 13.2 Å². The summed E-state index contributed by atoms with van der Waals surface area (Å²) in [5, 5.41) is 3.48. The lowest BCUT2D eigenvalue weighted by Gasteiger charge is -2.22. The fraction of sp³-hybridized carbons (Fsp3) is 1.00. The van der Waals surface area contributed by atoms with Gasteiger partial charge in [0.15, 0.2) is 0 Å². The fourth-order valence-electron chi connectivity index (χ4n) is 2.54. The second-order valence-electron chi connectivity index (χ2n) is 5.26. The van der Waals surface area contributed by atoms with Crippen molar-refractivity contribution in [3.8, 4) is 0 Å². The number of hydrogen-bond acceptors (Lipinski definition) is 1. The normalized spacial score (nSPS) is 21.2. The van der Waals surface area contributed by atoms with Gasteiger partial charge in [0, 0.05) is 18.5 Å². The van der Waals surface area contributed by atoms with Gasteiger partial charge in [-0.3, -0.25) is 0 Å². The minimum absolute atomic E-state index is 0.209. The van der Waals surface area contributed by atoms with Crippen LogP contribution in [0.1, 0.15) is 64.7 Å². The summed E-state index contributed by atoms with van der Waals surface area (Å²) in [7, 11) is 0. The van der Waals surface area contributed by atoms with Gasteiger partial charge in [-0.25, -0.2) is 0 Å². The van der Waals surface area contributed by atoms with Crippen molar-refractivity contribution in [3.05, 3.63) is 0 Å². The Bertz CT molecular complexity index is 195. The second kappa shape index (κ2) is 7.24. The van der Waals surface area contributed by atoms with Crippen molar-refractivity contribution in [2.75, 3.05) is 0 Å². The summed E-state index contributed by atoms with van der Waals surface area (Å²) in [5.41, 5.74) is 0. The highest BCUT2D eigenvalue weighted by Crippen LogP contribution is 2.23. The summed E-state index contributed by atoms with van der Waals surface area (Å²) < 4.78 is 36.0. The molecular formula is C13H24F3N. The molecule has 1 unspecified atom stereocenters. The zero-order valence-electron chi connectivity index (χ0n) is 10.7. The van der Waals surface area contributed by atoms with E-state index in [1.807, 2.05) is 6.92 Å². The van der Waals surface area contributed by atoms with Gasteiger partial charge in [0.2, 0.25) is 0 Å². The first-order valence-electron chi connectivity index (χ1n) is 6.80. The third-order valence-corrected chi connectivity index (χ3v) is 3.47. The van der Waals surface area contributed by atoms with Crippen molar-refractivity contribution in [2.24, 2.45) is 0 Å². The number of alkyl halides is 3. The van der Waals surface area contributed by atoms with Crippen molar-refractivity contribution < 1.29 is 13.2 Å². The molecule has 1 N–H and O–H groups in total. The van der Waals surface area contributed by atoms with E-state index in [0.717, 1.165) is 0 Å². The predicted octanol–water partition coefficient (Wildman–Crippen LogP) is 4.42. The SMILES string of the molecule is CC(CCCC(F)(F)F)NC1CCCCCC1. The van der Waals surface area contributed by atoms with Crippen LogP contribution in [0, 0.1) is 0 Å². The van der Waals surface area contributed by atoms with E-state index >= 15 is 0 Å². The molecule has 102 valence electrons. The molecule has 0 aliphatic heterocycles. The highest BCUT2D eigenvalue weighted by Gasteiger charge is 2.26. The number of rotatable bonds is 5. The molecule has 1 aliphatic rings. The minimum atomic E-state index is -4.00. The van der Waals surface area contributed by atoms with Crippen molar-refractivity contribution in [1.29, 1.82) is 0 Å². The molecule has 1 fully saturated rings. The van der Waals surface area contributed by atoms with Crippen LogP contribution in [-0.2, 0) is 0 Å². The molecule has 0 radical (unpaired) electrons. The fourth-order valence-corrected chi connectivity index (χ4v) is 2.54. The van der Waals surface area contributed by atoms with E-state index in [4.69, 9.17) is 0 Å². The summed E-state index contributed by atoms with van der Waals surface area (Å²) in [6, 6.07) is 0.735. The molecule has 17 heavy (non-hydrogen) atoms. The molecule has 0 saturated heterocycles. The van der Waals surface area contributed by atoms with E-state index in [9.17, 15) is 13.2 Å². The molecule has 0 aromatic rings. The Kier molecular flexibility index (Phi) is 6.31. The van der Waals surface area contributed by atoms with Gasteiger partial charge >= 0.3 is 6.18 Å². The van der Waals surface area contributed by atoms with Crippen molar-refractivity contribution in [3.63, 3.8) is 0 Å². The van der Waals surface area contributed by atoms with Gasteiger partial charge in [-0.05, 0) is 32.6 Å². The maximum atomic E-state index is 12.0. The van der Waals surface area contributed by atoms with Crippen molar-refractivity contribution in [2.45, 2.75) is 83.0 Å².